The first-order valence-corrected chi connectivity index (χ1v) is 5.14. The number of hydrogen-bond acceptors (Lipinski definition) is 3. The van der Waals surface area contributed by atoms with E-state index in [0.29, 0.717) is 0 Å². The first-order chi connectivity index (χ1) is 4.41. The minimum Gasteiger partial charge on any atom is -0.264 e. The molecule has 0 aromatic carbocycles. The standard InChI is InChI=1S/C6H12O3S/c1-6(4-3-5-6)9-10(2,7)8/h3-5H2,1-2H3. The second-order valence-electron chi connectivity index (χ2n) is 3.09. The molecule has 0 spiro atoms. The fourth-order valence-corrected chi connectivity index (χ4v) is 2.02. The van der Waals surface area contributed by atoms with Gasteiger partial charge >= 0.3 is 0 Å². The smallest absolute Gasteiger partial charge is 0.264 e. The van der Waals surface area contributed by atoms with Gasteiger partial charge in [-0.2, -0.15) is 8.42 Å². The highest BCUT2D eigenvalue weighted by molar-refractivity contribution is 7.86. The summed E-state index contributed by atoms with van der Waals surface area (Å²) in [6.07, 6.45) is 3.89. The Kier molecular flexibility index (Phi) is 1.76. The summed E-state index contributed by atoms with van der Waals surface area (Å²) in [5, 5.41) is 0. The first kappa shape index (κ1) is 8.01. The normalized spacial score (nSPS) is 23.8. The topological polar surface area (TPSA) is 43.4 Å². The Hall–Kier alpha value is -0.0900. The molecule has 1 aliphatic rings. The van der Waals surface area contributed by atoms with Gasteiger partial charge in [-0.05, 0) is 26.2 Å². The number of hydrogen-bond donors (Lipinski definition) is 0. The lowest BCUT2D eigenvalue weighted by Crippen LogP contribution is -2.38. The van der Waals surface area contributed by atoms with E-state index >= 15 is 0 Å². The Balaban J connectivity index is 2.53. The third kappa shape index (κ3) is 1.95. The maximum absolute atomic E-state index is 10.6. The average Bonchev–Trinajstić information content (AvgIpc) is 1.57. The lowest BCUT2D eigenvalue weighted by Gasteiger charge is -2.36. The van der Waals surface area contributed by atoms with Crippen LogP contribution >= 0.6 is 0 Å². The molecule has 0 bridgehead atoms. The maximum atomic E-state index is 10.6. The highest BCUT2D eigenvalue weighted by Crippen LogP contribution is 2.35. The third-order valence-corrected chi connectivity index (χ3v) is 2.47. The molecule has 0 amide bonds. The van der Waals surface area contributed by atoms with Crippen molar-refractivity contribution < 1.29 is 12.6 Å². The number of rotatable bonds is 2. The van der Waals surface area contributed by atoms with E-state index in [0.717, 1.165) is 25.5 Å². The Labute approximate surface area is 61.5 Å². The second kappa shape index (κ2) is 2.20. The van der Waals surface area contributed by atoms with Gasteiger partial charge in [0.1, 0.15) is 0 Å². The van der Waals surface area contributed by atoms with Crippen molar-refractivity contribution in [2.75, 3.05) is 6.26 Å². The van der Waals surface area contributed by atoms with E-state index in [4.69, 9.17) is 4.18 Å². The summed E-state index contributed by atoms with van der Waals surface area (Å²) < 4.78 is 26.1. The van der Waals surface area contributed by atoms with E-state index in [-0.39, 0.29) is 5.60 Å². The predicted octanol–water partition coefficient (Wildman–Crippen LogP) is 0.905. The Morgan fingerprint density at radius 2 is 1.90 bits per heavy atom. The van der Waals surface area contributed by atoms with Gasteiger partial charge in [0.05, 0.1) is 11.9 Å². The summed E-state index contributed by atoms with van der Waals surface area (Å²) in [7, 11) is -3.24. The molecular weight excluding hydrogens is 152 g/mol. The van der Waals surface area contributed by atoms with Crippen LogP contribution in [-0.2, 0) is 14.3 Å². The predicted molar refractivity (Wildman–Crippen MR) is 38.2 cm³/mol. The summed E-state index contributed by atoms with van der Waals surface area (Å²) in [5.41, 5.74) is -0.381. The molecule has 0 saturated heterocycles. The SMILES string of the molecule is CC1(OS(C)(=O)=O)CCC1. The van der Waals surface area contributed by atoms with Crippen LogP contribution in [-0.4, -0.2) is 20.3 Å². The molecule has 4 heteroatoms. The monoisotopic (exact) mass is 164 g/mol. The molecule has 0 radical (unpaired) electrons. The van der Waals surface area contributed by atoms with Gasteiger partial charge in [-0.15, -0.1) is 0 Å². The quantitative estimate of drug-likeness (QED) is 0.570. The van der Waals surface area contributed by atoms with Crippen molar-refractivity contribution in [2.45, 2.75) is 31.8 Å². The van der Waals surface area contributed by atoms with Crippen molar-refractivity contribution in [3.63, 3.8) is 0 Å². The van der Waals surface area contributed by atoms with Crippen LogP contribution in [0.3, 0.4) is 0 Å². The van der Waals surface area contributed by atoms with E-state index in [1.165, 1.54) is 0 Å². The summed E-state index contributed by atoms with van der Waals surface area (Å²) in [5.74, 6) is 0. The van der Waals surface area contributed by atoms with E-state index in [1.54, 1.807) is 0 Å². The molecule has 1 fully saturated rings. The molecule has 0 aliphatic heterocycles. The molecule has 1 rings (SSSR count). The van der Waals surface area contributed by atoms with Gasteiger partial charge in [-0.1, -0.05) is 0 Å². The molecular formula is C6H12O3S. The zero-order valence-electron chi connectivity index (χ0n) is 6.25. The maximum Gasteiger partial charge on any atom is 0.264 e. The molecule has 3 nitrogen and oxygen atoms in total. The van der Waals surface area contributed by atoms with Crippen LogP contribution in [0.2, 0.25) is 0 Å². The molecule has 0 unspecified atom stereocenters. The fourth-order valence-electron chi connectivity index (χ4n) is 1.12. The van der Waals surface area contributed by atoms with E-state index in [2.05, 4.69) is 0 Å². The van der Waals surface area contributed by atoms with Gasteiger partial charge < -0.3 is 0 Å². The molecule has 0 aromatic heterocycles. The molecule has 1 aliphatic carbocycles. The Bertz CT molecular complexity index is 213. The van der Waals surface area contributed by atoms with Gasteiger partial charge in [-0.25, -0.2) is 0 Å². The minimum atomic E-state index is -3.24. The summed E-state index contributed by atoms with van der Waals surface area (Å²) in [6.45, 7) is 1.83. The van der Waals surface area contributed by atoms with Gasteiger partial charge in [0.15, 0.2) is 0 Å². The molecule has 0 heterocycles. The Morgan fingerprint density at radius 1 is 1.40 bits per heavy atom. The summed E-state index contributed by atoms with van der Waals surface area (Å²) in [4.78, 5) is 0. The zero-order valence-corrected chi connectivity index (χ0v) is 7.07. The second-order valence-corrected chi connectivity index (χ2v) is 4.67. The van der Waals surface area contributed by atoms with Gasteiger partial charge in [-0.3, -0.25) is 4.18 Å². The van der Waals surface area contributed by atoms with Crippen molar-refractivity contribution in [1.82, 2.24) is 0 Å². The molecule has 1 saturated carbocycles. The summed E-state index contributed by atoms with van der Waals surface area (Å²) >= 11 is 0. The van der Waals surface area contributed by atoms with Crippen LogP contribution in [0.25, 0.3) is 0 Å². The summed E-state index contributed by atoms with van der Waals surface area (Å²) in [6, 6.07) is 0. The van der Waals surface area contributed by atoms with Gasteiger partial charge in [0.25, 0.3) is 10.1 Å². The lowest BCUT2D eigenvalue weighted by atomic mass is 9.82. The largest absolute Gasteiger partial charge is 0.264 e. The molecule has 60 valence electrons. The van der Waals surface area contributed by atoms with Gasteiger partial charge in [0, 0.05) is 0 Å². The highest BCUT2D eigenvalue weighted by Gasteiger charge is 2.36. The van der Waals surface area contributed by atoms with Crippen LogP contribution in [0.5, 0.6) is 0 Å². The molecule has 0 aromatic rings. The van der Waals surface area contributed by atoms with E-state index < -0.39 is 10.1 Å². The third-order valence-electron chi connectivity index (χ3n) is 1.76. The van der Waals surface area contributed by atoms with Gasteiger partial charge in [0.2, 0.25) is 0 Å². The van der Waals surface area contributed by atoms with Crippen LogP contribution < -0.4 is 0 Å². The highest BCUT2D eigenvalue weighted by atomic mass is 32.2. The van der Waals surface area contributed by atoms with Crippen LogP contribution in [0.1, 0.15) is 26.2 Å². The van der Waals surface area contributed by atoms with Crippen molar-refractivity contribution in [1.29, 1.82) is 0 Å². The average molecular weight is 164 g/mol. The van der Waals surface area contributed by atoms with Crippen LogP contribution in [0.15, 0.2) is 0 Å². The molecule has 10 heavy (non-hydrogen) atoms. The zero-order chi connectivity index (χ0) is 7.83. The van der Waals surface area contributed by atoms with E-state index in [9.17, 15) is 8.42 Å². The van der Waals surface area contributed by atoms with Crippen molar-refractivity contribution in [3.05, 3.63) is 0 Å². The van der Waals surface area contributed by atoms with Crippen LogP contribution in [0.4, 0.5) is 0 Å². The first-order valence-electron chi connectivity index (χ1n) is 3.32. The van der Waals surface area contributed by atoms with Crippen molar-refractivity contribution in [3.8, 4) is 0 Å². The Morgan fingerprint density at radius 3 is 2.00 bits per heavy atom. The van der Waals surface area contributed by atoms with Crippen LogP contribution in [0, 0.1) is 0 Å². The minimum absolute atomic E-state index is 0.381. The van der Waals surface area contributed by atoms with Crippen molar-refractivity contribution >= 4 is 10.1 Å². The molecule has 0 N–H and O–H groups in total. The van der Waals surface area contributed by atoms with Crippen molar-refractivity contribution in [2.24, 2.45) is 0 Å². The fraction of sp³-hybridized carbons (Fsp3) is 1.00. The van der Waals surface area contributed by atoms with E-state index in [1.807, 2.05) is 6.92 Å². The molecule has 0 atom stereocenters. The lowest BCUT2D eigenvalue weighted by molar-refractivity contribution is 0.0189.